The number of anilines is 1. The van der Waals surface area contributed by atoms with Gasteiger partial charge in [-0.25, -0.2) is 8.42 Å². The predicted octanol–water partition coefficient (Wildman–Crippen LogP) is 4.84. The summed E-state index contributed by atoms with van der Waals surface area (Å²) in [4.78, 5) is 9.86. The van der Waals surface area contributed by atoms with Crippen molar-refractivity contribution in [1.82, 2.24) is 0 Å². The third-order valence-electron chi connectivity index (χ3n) is 3.49. The van der Waals surface area contributed by atoms with Crippen LogP contribution in [-0.4, -0.2) is 13.3 Å². The van der Waals surface area contributed by atoms with E-state index in [4.69, 9.17) is 16.3 Å². The zero-order valence-electron chi connectivity index (χ0n) is 13.7. The molecule has 27 heavy (non-hydrogen) atoms. The van der Waals surface area contributed by atoms with E-state index in [-0.39, 0.29) is 10.7 Å². The minimum absolute atomic E-state index is 0.0723. The van der Waals surface area contributed by atoms with Crippen LogP contribution in [0.15, 0.2) is 77.7 Å². The minimum Gasteiger partial charge on any atom is -0.457 e. The third kappa shape index (κ3) is 4.55. The normalized spacial score (nSPS) is 11.0. The summed E-state index contributed by atoms with van der Waals surface area (Å²) in [7, 11) is -4.17. The van der Waals surface area contributed by atoms with Gasteiger partial charge in [0.05, 0.1) is 4.92 Å². The van der Waals surface area contributed by atoms with E-state index in [2.05, 4.69) is 4.72 Å². The summed E-state index contributed by atoms with van der Waals surface area (Å²) in [6.07, 6.45) is 0. The molecule has 0 heterocycles. The maximum Gasteiger partial charge on any atom is 0.291 e. The maximum absolute atomic E-state index is 12.5. The number of nitrogens with zero attached hydrogens (tertiary/aromatic N) is 1. The Morgan fingerprint density at radius 1 is 0.926 bits per heavy atom. The number of halogens is 1. The fraction of sp³-hybridized carbons (Fsp3) is 0. The lowest BCUT2D eigenvalue weighted by Crippen LogP contribution is -2.14. The number of nitro benzene ring substituents is 1. The second-order valence-electron chi connectivity index (χ2n) is 5.41. The molecule has 0 aliphatic rings. The monoisotopic (exact) mass is 404 g/mol. The summed E-state index contributed by atoms with van der Waals surface area (Å²) in [5, 5.41) is 11.2. The van der Waals surface area contributed by atoms with Gasteiger partial charge in [-0.05, 0) is 48.5 Å². The lowest BCUT2D eigenvalue weighted by molar-refractivity contribution is -0.387. The van der Waals surface area contributed by atoms with Crippen molar-refractivity contribution in [2.75, 3.05) is 4.72 Å². The van der Waals surface area contributed by atoms with Crippen LogP contribution in [0.4, 0.5) is 11.4 Å². The number of hydrogen-bond donors (Lipinski definition) is 1. The van der Waals surface area contributed by atoms with Crippen LogP contribution in [0.2, 0.25) is 5.02 Å². The van der Waals surface area contributed by atoms with Gasteiger partial charge in [-0.3, -0.25) is 14.8 Å². The van der Waals surface area contributed by atoms with Crippen molar-refractivity contribution in [3.63, 3.8) is 0 Å². The number of hydrogen-bond acceptors (Lipinski definition) is 5. The zero-order chi connectivity index (χ0) is 19.4. The van der Waals surface area contributed by atoms with Gasteiger partial charge in [0.2, 0.25) is 0 Å². The van der Waals surface area contributed by atoms with Crippen LogP contribution in [0.1, 0.15) is 0 Å². The highest BCUT2D eigenvalue weighted by molar-refractivity contribution is 7.92. The average molecular weight is 405 g/mol. The van der Waals surface area contributed by atoms with Crippen LogP contribution in [-0.2, 0) is 10.0 Å². The Balaban J connectivity index is 1.81. The van der Waals surface area contributed by atoms with Crippen molar-refractivity contribution >= 4 is 33.0 Å². The molecule has 3 aromatic carbocycles. The van der Waals surface area contributed by atoms with Crippen LogP contribution >= 0.6 is 11.6 Å². The van der Waals surface area contributed by atoms with E-state index in [1.165, 1.54) is 18.2 Å². The van der Waals surface area contributed by atoms with Gasteiger partial charge in [0.1, 0.15) is 11.5 Å². The predicted molar refractivity (Wildman–Crippen MR) is 102 cm³/mol. The quantitative estimate of drug-likeness (QED) is 0.468. The van der Waals surface area contributed by atoms with Crippen LogP contribution in [0.5, 0.6) is 11.5 Å². The van der Waals surface area contributed by atoms with Crippen LogP contribution < -0.4 is 9.46 Å². The highest BCUT2D eigenvalue weighted by Gasteiger charge is 2.26. The van der Waals surface area contributed by atoms with Crippen molar-refractivity contribution < 1.29 is 18.1 Å². The number of ether oxygens (including phenoxy) is 1. The van der Waals surface area contributed by atoms with Crippen molar-refractivity contribution in [2.24, 2.45) is 0 Å². The molecule has 3 aromatic rings. The highest BCUT2D eigenvalue weighted by Crippen LogP contribution is 2.29. The van der Waals surface area contributed by atoms with E-state index in [1.54, 1.807) is 24.3 Å². The molecule has 3 rings (SSSR count). The molecule has 0 atom stereocenters. The number of nitro groups is 1. The van der Waals surface area contributed by atoms with E-state index < -0.39 is 25.5 Å². The molecule has 0 unspecified atom stereocenters. The lowest BCUT2D eigenvalue weighted by Gasteiger charge is -2.10. The van der Waals surface area contributed by atoms with Crippen molar-refractivity contribution in [1.29, 1.82) is 0 Å². The molecule has 0 saturated heterocycles. The standard InChI is InChI=1S/C18H13ClN2O5S/c19-13-6-11-18(17(12-13)21(22)23)27(24,25)20-14-7-9-16(10-8-14)26-15-4-2-1-3-5-15/h1-12,20H. The third-order valence-corrected chi connectivity index (χ3v) is 5.16. The van der Waals surface area contributed by atoms with E-state index in [9.17, 15) is 18.5 Å². The molecule has 0 spiro atoms. The van der Waals surface area contributed by atoms with Gasteiger partial charge >= 0.3 is 0 Å². The summed E-state index contributed by atoms with van der Waals surface area (Å²) in [6.45, 7) is 0. The summed E-state index contributed by atoms with van der Waals surface area (Å²) in [5.41, 5.74) is -0.362. The Morgan fingerprint density at radius 2 is 1.56 bits per heavy atom. The number of para-hydroxylation sites is 1. The first-order valence-electron chi connectivity index (χ1n) is 7.65. The van der Waals surface area contributed by atoms with Gasteiger partial charge in [-0.15, -0.1) is 0 Å². The van der Waals surface area contributed by atoms with Crippen molar-refractivity contribution in [3.8, 4) is 11.5 Å². The SMILES string of the molecule is O=[N+]([O-])c1cc(Cl)ccc1S(=O)(=O)Nc1ccc(Oc2ccccc2)cc1. The molecule has 0 saturated carbocycles. The Hall–Kier alpha value is -3.10. The van der Waals surface area contributed by atoms with Gasteiger partial charge in [0, 0.05) is 16.8 Å². The molecule has 0 fully saturated rings. The molecule has 0 bridgehead atoms. The molecule has 7 nitrogen and oxygen atoms in total. The second kappa shape index (κ2) is 7.65. The fourth-order valence-corrected chi connectivity index (χ4v) is 3.66. The molecule has 138 valence electrons. The van der Waals surface area contributed by atoms with E-state index >= 15 is 0 Å². The van der Waals surface area contributed by atoms with Crippen LogP contribution in [0, 0.1) is 10.1 Å². The summed E-state index contributed by atoms with van der Waals surface area (Å²) < 4.78 is 33.0. The van der Waals surface area contributed by atoms with Gasteiger partial charge < -0.3 is 4.74 Å². The highest BCUT2D eigenvalue weighted by atomic mass is 35.5. The molecule has 9 heteroatoms. The summed E-state index contributed by atoms with van der Waals surface area (Å²) in [5.74, 6) is 1.16. The van der Waals surface area contributed by atoms with Gasteiger partial charge in [0.25, 0.3) is 15.7 Å². The topological polar surface area (TPSA) is 98.5 Å². The van der Waals surface area contributed by atoms with E-state index in [0.29, 0.717) is 11.5 Å². The Kier molecular flexibility index (Phi) is 5.29. The van der Waals surface area contributed by atoms with E-state index in [1.807, 2.05) is 18.2 Å². The van der Waals surface area contributed by atoms with Crippen LogP contribution in [0.25, 0.3) is 0 Å². The minimum atomic E-state index is -4.17. The van der Waals surface area contributed by atoms with Gasteiger partial charge in [0.15, 0.2) is 4.90 Å². The molecule has 0 aliphatic heterocycles. The Morgan fingerprint density at radius 3 is 2.19 bits per heavy atom. The molecular weight excluding hydrogens is 392 g/mol. The molecule has 0 radical (unpaired) electrons. The zero-order valence-corrected chi connectivity index (χ0v) is 15.3. The number of nitrogens with one attached hydrogen (secondary N) is 1. The van der Waals surface area contributed by atoms with Gasteiger partial charge in [-0.1, -0.05) is 29.8 Å². The molecule has 0 aliphatic carbocycles. The molecule has 0 amide bonds. The molecule has 0 aromatic heterocycles. The first-order valence-corrected chi connectivity index (χ1v) is 9.51. The summed E-state index contributed by atoms with van der Waals surface area (Å²) >= 11 is 5.72. The number of sulfonamides is 1. The summed E-state index contributed by atoms with van der Waals surface area (Å²) in [6, 6.07) is 18.6. The smallest absolute Gasteiger partial charge is 0.291 e. The first kappa shape index (κ1) is 18.7. The van der Waals surface area contributed by atoms with Crippen molar-refractivity contribution in [3.05, 3.63) is 87.9 Å². The number of rotatable bonds is 6. The fourth-order valence-electron chi connectivity index (χ4n) is 2.29. The maximum atomic E-state index is 12.5. The lowest BCUT2D eigenvalue weighted by atomic mass is 10.3. The van der Waals surface area contributed by atoms with E-state index in [0.717, 1.165) is 12.1 Å². The average Bonchev–Trinajstić information content (AvgIpc) is 2.63. The first-order chi connectivity index (χ1) is 12.8. The second-order valence-corrected chi connectivity index (χ2v) is 7.50. The Bertz CT molecular complexity index is 1070. The Labute approximate surface area is 160 Å². The largest absolute Gasteiger partial charge is 0.457 e. The van der Waals surface area contributed by atoms with Crippen LogP contribution in [0.3, 0.4) is 0 Å². The molecule has 1 N–H and O–H groups in total. The molecular formula is C18H13ClN2O5S. The van der Waals surface area contributed by atoms with Crippen molar-refractivity contribution in [2.45, 2.75) is 4.90 Å². The number of benzene rings is 3. The van der Waals surface area contributed by atoms with Gasteiger partial charge in [-0.2, -0.15) is 0 Å².